The van der Waals surface area contributed by atoms with E-state index in [1.165, 1.54) is 0 Å². The molecule has 0 unspecified atom stereocenters. The molecule has 0 bridgehead atoms. The summed E-state index contributed by atoms with van der Waals surface area (Å²) >= 11 is 11.9. The number of hydrogen-bond acceptors (Lipinski definition) is 3. The summed E-state index contributed by atoms with van der Waals surface area (Å²) in [6.45, 7) is 3.12. The highest BCUT2D eigenvalue weighted by Gasteiger charge is 2.26. The van der Waals surface area contributed by atoms with Crippen molar-refractivity contribution in [2.45, 2.75) is 32.4 Å². The van der Waals surface area contributed by atoms with E-state index in [9.17, 15) is 9.59 Å². The first-order valence-electron chi connectivity index (χ1n) is 9.45. The second-order valence-electron chi connectivity index (χ2n) is 6.76. The number of nitrogens with one attached hydrogen (secondary N) is 1. The largest absolute Gasteiger partial charge is 0.385 e. The van der Waals surface area contributed by atoms with E-state index in [2.05, 4.69) is 5.32 Å². The molecule has 5 nitrogen and oxygen atoms in total. The highest BCUT2D eigenvalue weighted by molar-refractivity contribution is 6.30. The molecule has 1 atom stereocenters. The van der Waals surface area contributed by atoms with Crippen molar-refractivity contribution in [1.82, 2.24) is 10.2 Å². The maximum Gasteiger partial charge on any atom is 0.242 e. The van der Waals surface area contributed by atoms with Crippen molar-refractivity contribution < 1.29 is 14.3 Å². The SMILES string of the molecule is COCCCNC(=O)[C@@H](C)N(Cc1ccc(Cl)cc1)C(=O)Cc1ccc(Cl)cc1. The lowest BCUT2D eigenvalue weighted by Crippen LogP contribution is -2.48. The summed E-state index contributed by atoms with van der Waals surface area (Å²) in [7, 11) is 1.62. The molecule has 2 aromatic carbocycles. The van der Waals surface area contributed by atoms with E-state index in [0.29, 0.717) is 36.2 Å². The molecule has 156 valence electrons. The number of rotatable bonds is 10. The fourth-order valence-corrected chi connectivity index (χ4v) is 3.08. The lowest BCUT2D eigenvalue weighted by atomic mass is 10.1. The molecule has 2 rings (SSSR count). The molecule has 0 aliphatic heterocycles. The zero-order valence-corrected chi connectivity index (χ0v) is 18.2. The van der Waals surface area contributed by atoms with Crippen LogP contribution in [0.15, 0.2) is 48.5 Å². The summed E-state index contributed by atoms with van der Waals surface area (Å²) in [5.41, 5.74) is 1.74. The van der Waals surface area contributed by atoms with Gasteiger partial charge in [0, 0.05) is 36.9 Å². The smallest absolute Gasteiger partial charge is 0.242 e. The maximum absolute atomic E-state index is 13.1. The standard InChI is InChI=1S/C22H26Cl2N2O3/c1-16(22(28)25-12-3-13-29-2)26(15-18-6-10-20(24)11-7-18)21(27)14-17-4-8-19(23)9-5-17/h4-11,16H,3,12-15H2,1-2H3,(H,25,28)/t16-/m1/s1. The summed E-state index contributed by atoms with van der Waals surface area (Å²) in [4.78, 5) is 27.3. The van der Waals surface area contributed by atoms with Crippen LogP contribution in [0.2, 0.25) is 10.0 Å². The monoisotopic (exact) mass is 436 g/mol. The molecule has 7 heteroatoms. The van der Waals surface area contributed by atoms with Gasteiger partial charge in [-0.05, 0) is 48.7 Å². The molecule has 0 aliphatic rings. The Balaban J connectivity index is 2.12. The minimum Gasteiger partial charge on any atom is -0.385 e. The molecule has 1 N–H and O–H groups in total. The zero-order chi connectivity index (χ0) is 21.2. The van der Waals surface area contributed by atoms with Gasteiger partial charge in [-0.2, -0.15) is 0 Å². The van der Waals surface area contributed by atoms with Gasteiger partial charge in [-0.15, -0.1) is 0 Å². The number of hydrogen-bond donors (Lipinski definition) is 1. The number of ether oxygens (including phenoxy) is 1. The Labute approximate surface area is 181 Å². The van der Waals surface area contributed by atoms with Crippen molar-refractivity contribution in [3.05, 3.63) is 69.7 Å². The average molecular weight is 437 g/mol. The highest BCUT2D eigenvalue weighted by Crippen LogP contribution is 2.16. The number of benzene rings is 2. The molecule has 0 saturated heterocycles. The van der Waals surface area contributed by atoms with Crippen LogP contribution in [-0.4, -0.2) is 43.0 Å². The predicted octanol–water partition coefficient (Wildman–Crippen LogP) is 4.11. The van der Waals surface area contributed by atoms with Crippen LogP contribution < -0.4 is 5.32 Å². The van der Waals surface area contributed by atoms with Crippen molar-refractivity contribution in [2.75, 3.05) is 20.3 Å². The van der Waals surface area contributed by atoms with Gasteiger partial charge in [0.25, 0.3) is 0 Å². The average Bonchev–Trinajstić information content (AvgIpc) is 2.71. The lowest BCUT2D eigenvalue weighted by molar-refractivity contribution is -0.140. The van der Waals surface area contributed by atoms with Gasteiger partial charge in [-0.1, -0.05) is 47.5 Å². The topological polar surface area (TPSA) is 58.6 Å². The summed E-state index contributed by atoms with van der Waals surface area (Å²) < 4.78 is 5.00. The highest BCUT2D eigenvalue weighted by atomic mass is 35.5. The zero-order valence-electron chi connectivity index (χ0n) is 16.7. The number of halogens is 2. The second-order valence-corrected chi connectivity index (χ2v) is 7.64. The minimum atomic E-state index is -0.618. The van der Waals surface area contributed by atoms with Crippen molar-refractivity contribution in [1.29, 1.82) is 0 Å². The third kappa shape index (κ3) is 7.69. The first kappa shape index (κ1) is 23.2. The summed E-state index contributed by atoms with van der Waals surface area (Å²) in [6.07, 6.45) is 0.900. The molecule has 0 aliphatic carbocycles. The maximum atomic E-state index is 13.1. The van der Waals surface area contributed by atoms with E-state index in [0.717, 1.165) is 11.1 Å². The molecule has 0 saturated carbocycles. The normalized spacial score (nSPS) is 11.7. The van der Waals surface area contributed by atoms with Crippen LogP contribution in [0.4, 0.5) is 0 Å². The van der Waals surface area contributed by atoms with Crippen LogP contribution in [0.25, 0.3) is 0 Å². The quantitative estimate of drug-likeness (QED) is 0.570. The number of nitrogens with zero attached hydrogens (tertiary/aromatic N) is 1. The van der Waals surface area contributed by atoms with Gasteiger partial charge in [-0.25, -0.2) is 0 Å². The molecule has 29 heavy (non-hydrogen) atoms. The number of amides is 2. The van der Waals surface area contributed by atoms with Gasteiger partial charge < -0.3 is 15.0 Å². The number of carbonyl (C=O) groups excluding carboxylic acids is 2. The van der Waals surface area contributed by atoms with E-state index in [4.69, 9.17) is 27.9 Å². The van der Waals surface area contributed by atoms with E-state index in [1.807, 2.05) is 24.3 Å². The van der Waals surface area contributed by atoms with Gasteiger partial charge in [-0.3, -0.25) is 9.59 Å². The number of methoxy groups -OCH3 is 1. The first-order valence-corrected chi connectivity index (χ1v) is 10.2. The third-order valence-corrected chi connectivity index (χ3v) is 5.03. The van der Waals surface area contributed by atoms with Gasteiger partial charge >= 0.3 is 0 Å². The van der Waals surface area contributed by atoms with Crippen LogP contribution >= 0.6 is 23.2 Å². The van der Waals surface area contributed by atoms with Gasteiger partial charge in [0.05, 0.1) is 6.42 Å². The van der Waals surface area contributed by atoms with Crippen molar-refractivity contribution in [3.63, 3.8) is 0 Å². The second kappa shape index (κ2) is 11.8. The minimum absolute atomic E-state index is 0.137. The molecule has 0 radical (unpaired) electrons. The molecule has 0 aromatic heterocycles. The van der Waals surface area contributed by atoms with Gasteiger partial charge in [0.2, 0.25) is 11.8 Å². The lowest BCUT2D eigenvalue weighted by Gasteiger charge is -2.29. The van der Waals surface area contributed by atoms with E-state index in [1.54, 1.807) is 43.2 Å². The summed E-state index contributed by atoms with van der Waals surface area (Å²) in [5, 5.41) is 4.10. The molecule has 2 amide bonds. The van der Waals surface area contributed by atoms with E-state index < -0.39 is 6.04 Å². The van der Waals surface area contributed by atoms with Crippen LogP contribution in [0.5, 0.6) is 0 Å². The van der Waals surface area contributed by atoms with Gasteiger partial charge in [0.1, 0.15) is 6.04 Å². The summed E-state index contributed by atoms with van der Waals surface area (Å²) in [5.74, 6) is -0.332. The van der Waals surface area contributed by atoms with E-state index >= 15 is 0 Å². The fraction of sp³-hybridized carbons (Fsp3) is 0.364. The first-order chi connectivity index (χ1) is 13.9. The van der Waals surface area contributed by atoms with Crippen molar-refractivity contribution in [3.8, 4) is 0 Å². The fourth-order valence-electron chi connectivity index (χ4n) is 2.82. The summed E-state index contributed by atoms with van der Waals surface area (Å²) in [6, 6.07) is 13.8. The Morgan fingerprint density at radius 1 is 1.00 bits per heavy atom. The molecule has 0 spiro atoms. The third-order valence-electron chi connectivity index (χ3n) is 4.53. The van der Waals surface area contributed by atoms with Gasteiger partial charge in [0.15, 0.2) is 0 Å². The Morgan fingerprint density at radius 2 is 1.55 bits per heavy atom. The molecule has 0 fully saturated rings. The Bertz CT molecular complexity index is 795. The molecule has 2 aromatic rings. The molecule has 0 heterocycles. The van der Waals surface area contributed by atoms with Crippen molar-refractivity contribution >= 4 is 35.0 Å². The molecular formula is C22H26Cl2N2O3. The van der Waals surface area contributed by atoms with Crippen LogP contribution in [0.3, 0.4) is 0 Å². The Kier molecular flexibility index (Phi) is 9.45. The Morgan fingerprint density at radius 3 is 2.10 bits per heavy atom. The van der Waals surface area contributed by atoms with Crippen LogP contribution in [0.1, 0.15) is 24.5 Å². The van der Waals surface area contributed by atoms with Crippen LogP contribution in [0, 0.1) is 0 Å². The van der Waals surface area contributed by atoms with Crippen molar-refractivity contribution in [2.24, 2.45) is 0 Å². The Hall–Kier alpha value is -2.08. The van der Waals surface area contributed by atoms with E-state index in [-0.39, 0.29) is 18.2 Å². The van der Waals surface area contributed by atoms with Crippen LogP contribution in [-0.2, 0) is 27.3 Å². The predicted molar refractivity (Wildman–Crippen MR) is 116 cm³/mol. The molecular weight excluding hydrogens is 411 g/mol. The number of carbonyl (C=O) groups is 2.